The molecular weight excluding hydrogens is 359 g/mol. The van der Waals surface area contributed by atoms with Crippen molar-refractivity contribution < 1.29 is 21.2 Å². The Bertz CT molecular complexity index is 173. The van der Waals surface area contributed by atoms with Crippen molar-refractivity contribution in [2.24, 2.45) is 0 Å². The van der Waals surface area contributed by atoms with Gasteiger partial charge in [-0.15, -0.1) is 0 Å². The van der Waals surface area contributed by atoms with E-state index in [2.05, 4.69) is 17.5 Å². The fourth-order valence-corrected chi connectivity index (χ4v) is 5.30. The maximum absolute atomic E-state index is 9.19. The van der Waals surface area contributed by atoms with Crippen molar-refractivity contribution in [3.05, 3.63) is 0 Å². The molecule has 0 rings (SSSR count). The van der Waals surface area contributed by atoms with Crippen LogP contribution in [0.25, 0.3) is 0 Å². The molecule has 0 heterocycles. The van der Waals surface area contributed by atoms with Crippen LogP contribution < -0.4 is 0 Å². The van der Waals surface area contributed by atoms with E-state index in [1.165, 1.54) is 25.7 Å². The summed E-state index contributed by atoms with van der Waals surface area (Å²) >= 11 is -5.77. The number of unbranched alkanes of at least 4 members (excludes halogenated alkanes) is 2. The van der Waals surface area contributed by atoms with Crippen LogP contribution in [0.1, 0.15) is 39.5 Å². The molecule has 8 heteroatoms. The summed E-state index contributed by atoms with van der Waals surface area (Å²) in [5, 5.41) is 0. The van der Waals surface area contributed by atoms with Gasteiger partial charge >= 0.3 is 69.5 Å². The Balaban J connectivity index is 0. The number of rotatable bonds is 8. The van der Waals surface area contributed by atoms with E-state index in [-0.39, 0.29) is 21.1 Å². The molecule has 0 unspecified atom stereocenters. The summed E-state index contributed by atoms with van der Waals surface area (Å²) in [5.41, 5.74) is 0. The van der Waals surface area contributed by atoms with Crippen LogP contribution in [0.5, 0.6) is 0 Å². The van der Waals surface area contributed by atoms with E-state index in [1.807, 2.05) is 0 Å². The van der Waals surface area contributed by atoms with Gasteiger partial charge in [-0.25, -0.2) is 12.0 Å². The molecule has 0 aliphatic rings. The van der Waals surface area contributed by atoms with Gasteiger partial charge < -0.3 is 9.11 Å². The van der Waals surface area contributed by atoms with Crippen LogP contribution in [0.2, 0.25) is 8.87 Å². The Morgan fingerprint density at radius 1 is 1.00 bits per heavy atom. The summed E-state index contributed by atoms with van der Waals surface area (Å²) in [6, 6.07) is 0. The molecule has 0 atom stereocenters. The van der Waals surface area contributed by atoms with E-state index >= 15 is 0 Å². The second-order valence-corrected chi connectivity index (χ2v) is 8.58. The van der Waals surface area contributed by atoms with Crippen molar-refractivity contribution in [3.8, 4) is 0 Å². The van der Waals surface area contributed by atoms with Gasteiger partial charge in [0.15, 0.2) is 0 Å². The standard InChI is InChI=1S/2C4H9.H2O5S2.Sn/c2*1-3-4-2;1-6(2)5-7(3)4;/h2*1,3-4H2,2H3;(H,1,2)(H,3,4);/q;;;+2/p-2. The van der Waals surface area contributed by atoms with Crippen molar-refractivity contribution in [3.63, 3.8) is 0 Å². The van der Waals surface area contributed by atoms with Gasteiger partial charge in [0.2, 0.25) is 0 Å². The van der Waals surface area contributed by atoms with Crippen molar-refractivity contribution >= 4 is 43.9 Å². The third-order valence-electron chi connectivity index (χ3n) is 1.53. The summed E-state index contributed by atoms with van der Waals surface area (Å²) in [5.74, 6) is 0. The van der Waals surface area contributed by atoms with Crippen molar-refractivity contribution in [1.82, 2.24) is 0 Å². The Morgan fingerprint density at radius 3 is 1.56 bits per heavy atom. The largest absolute Gasteiger partial charge is 0.749 e. The summed E-state index contributed by atoms with van der Waals surface area (Å²) < 4.78 is 43.1. The predicted octanol–water partition coefficient (Wildman–Crippen LogP) is 1.72. The first-order chi connectivity index (χ1) is 7.54. The fraction of sp³-hybridized carbons (Fsp3) is 1.00. The van der Waals surface area contributed by atoms with Gasteiger partial charge in [0, 0.05) is 0 Å². The van der Waals surface area contributed by atoms with Crippen molar-refractivity contribution in [1.29, 1.82) is 0 Å². The Hall–Kier alpha value is 0.979. The second kappa shape index (κ2) is 16.0. The molecule has 0 fully saturated rings. The maximum Gasteiger partial charge on any atom is 0.0994 e. The minimum Gasteiger partial charge on any atom is -0.749 e. The Labute approximate surface area is 113 Å². The average Bonchev–Trinajstić information content (AvgIpc) is 2.16. The molecule has 0 amide bonds. The second-order valence-electron chi connectivity index (χ2n) is 2.93. The quantitative estimate of drug-likeness (QED) is 0.365. The van der Waals surface area contributed by atoms with Crippen LogP contribution >= 0.6 is 0 Å². The van der Waals surface area contributed by atoms with Crippen LogP contribution in [0.15, 0.2) is 0 Å². The smallest absolute Gasteiger partial charge is 0.0994 e. The summed E-state index contributed by atoms with van der Waals surface area (Å²) in [6.07, 6.45) is 5.84. The zero-order valence-corrected chi connectivity index (χ0v) is 14.1. The minimum absolute atomic E-state index is 0.149. The fourth-order valence-electron chi connectivity index (χ4n) is 0.774. The van der Waals surface area contributed by atoms with E-state index in [4.69, 9.17) is 0 Å². The summed E-state index contributed by atoms with van der Waals surface area (Å²) in [4.78, 5) is 0. The van der Waals surface area contributed by atoms with Gasteiger partial charge in [0.1, 0.15) is 0 Å². The molecule has 16 heavy (non-hydrogen) atoms. The number of hydrogen-bond donors (Lipinski definition) is 0. The average molecular weight is 377 g/mol. The van der Waals surface area contributed by atoms with E-state index < -0.39 is 22.7 Å². The normalized spacial score (nSPS) is 13.2. The van der Waals surface area contributed by atoms with Crippen LogP contribution in [-0.4, -0.2) is 38.7 Å². The molecule has 0 aliphatic carbocycles. The SMILES string of the molecule is CCC[CH2][Sn+2][CH2]CCC.O=S([O-])OS(=O)[O-]. The van der Waals surface area contributed by atoms with E-state index in [0.29, 0.717) is 0 Å². The van der Waals surface area contributed by atoms with Crippen molar-refractivity contribution in [2.45, 2.75) is 48.4 Å². The topological polar surface area (TPSA) is 89.5 Å². The third kappa shape index (κ3) is 24.3. The molecule has 0 bridgehead atoms. The van der Waals surface area contributed by atoms with Crippen molar-refractivity contribution in [2.75, 3.05) is 0 Å². The van der Waals surface area contributed by atoms with Gasteiger partial charge in [-0.2, -0.15) is 0 Å². The molecular formula is C8H18O5S2Sn. The Kier molecular flexibility index (Phi) is 19.3. The first-order valence-electron chi connectivity index (χ1n) is 5.12. The summed E-state index contributed by atoms with van der Waals surface area (Å²) in [7, 11) is 0. The van der Waals surface area contributed by atoms with Crippen LogP contribution in [0.3, 0.4) is 0 Å². The molecule has 0 saturated carbocycles. The predicted molar refractivity (Wildman–Crippen MR) is 64.1 cm³/mol. The van der Waals surface area contributed by atoms with E-state index in [0.717, 1.165) is 0 Å². The van der Waals surface area contributed by atoms with Crippen LogP contribution in [-0.2, 0) is 26.4 Å². The molecule has 5 nitrogen and oxygen atoms in total. The van der Waals surface area contributed by atoms with Gasteiger partial charge in [-0.05, 0) is 0 Å². The molecule has 0 aliphatic heterocycles. The molecule has 0 aromatic carbocycles. The first kappa shape index (κ1) is 19.3. The van der Waals surface area contributed by atoms with E-state index in [1.54, 1.807) is 8.87 Å². The minimum atomic E-state index is -2.96. The summed E-state index contributed by atoms with van der Waals surface area (Å²) in [6.45, 7) is 4.58. The molecule has 0 radical (unpaired) electrons. The van der Waals surface area contributed by atoms with Gasteiger partial charge in [-0.1, -0.05) is 0 Å². The number of hydrogen-bond acceptors (Lipinski definition) is 5. The molecule has 0 spiro atoms. The molecule has 0 aromatic rings. The first-order valence-corrected chi connectivity index (χ1v) is 11.2. The van der Waals surface area contributed by atoms with Crippen LogP contribution in [0, 0.1) is 0 Å². The zero-order chi connectivity index (χ0) is 12.8. The molecule has 96 valence electrons. The van der Waals surface area contributed by atoms with E-state index in [9.17, 15) is 17.5 Å². The van der Waals surface area contributed by atoms with Gasteiger partial charge in [0.25, 0.3) is 0 Å². The van der Waals surface area contributed by atoms with Gasteiger partial charge in [-0.3, -0.25) is 0 Å². The third-order valence-corrected chi connectivity index (χ3v) is 6.45. The monoisotopic (exact) mass is 378 g/mol. The molecule has 0 saturated heterocycles. The Morgan fingerprint density at radius 2 is 1.38 bits per heavy atom. The zero-order valence-electron chi connectivity index (χ0n) is 9.60. The maximum atomic E-state index is 9.19. The molecule has 0 N–H and O–H groups in total. The molecule has 0 aromatic heterocycles. The van der Waals surface area contributed by atoms with Crippen LogP contribution in [0.4, 0.5) is 0 Å². The van der Waals surface area contributed by atoms with Gasteiger partial charge in [0.05, 0.1) is 22.7 Å².